The Labute approximate surface area is 138 Å². The number of likely N-dealkylation sites (tertiary alicyclic amines) is 1. The van der Waals surface area contributed by atoms with Crippen molar-refractivity contribution in [2.75, 3.05) is 13.1 Å². The van der Waals surface area contributed by atoms with Gasteiger partial charge in [-0.1, -0.05) is 13.8 Å². The number of aromatic nitrogens is 2. The molecule has 1 saturated heterocycles. The molecule has 2 heterocycles. The van der Waals surface area contributed by atoms with E-state index in [1.165, 1.54) is 0 Å². The second-order valence-corrected chi connectivity index (χ2v) is 6.53. The minimum absolute atomic E-state index is 0. The average molecular weight is 327 g/mol. The molecular formula is C16H27ClN4O. The second kappa shape index (κ2) is 7.01. The number of halogens is 1. The maximum absolute atomic E-state index is 12.6. The summed E-state index contributed by atoms with van der Waals surface area (Å²) >= 11 is 0. The number of amides is 1. The quantitative estimate of drug-likeness (QED) is 0.924. The first-order valence-corrected chi connectivity index (χ1v) is 8.24. The third kappa shape index (κ3) is 3.01. The number of rotatable bonds is 4. The van der Waals surface area contributed by atoms with Crippen molar-refractivity contribution in [3.8, 4) is 0 Å². The third-order valence-electron chi connectivity index (χ3n) is 5.34. The van der Waals surface area contributed by atoms with Crippen LogP contribution in [0.4, 0.5) is 0 Å². The number of fused-ring (bicyclic) bond motifs is 1. The molecule has 5 nitrogen and oxygen atoms in total. The lowest BCUT2D eigenvalue weighted by molar-refractivity contribution is 0.0772. The van der Waals surface area contributed by atoms with Gasteiger partial charge in [-0.2, -0.15) is 5.10 Å². The lowest BCUT2D eigenvalue weighted by Crippen LogP contribution is -2.33. The summed E-state index contributed by atoms with van der Waals surface area (Å²) in [6.45, 7) is 5.97. The van der Waals surface area contributed by atoms with E-state index < -0.39 is 0 Å². The Kier molecular flexibility index (Phi) is 5.50. The topological polar surface area (TPSA) is 64.2 Å². The van der Waals surface area contributed by atoms with Gasteiger partial charge in [-0.3, -0.25) is 9.48 Å². The van der Waals surface area contributed by atoms with Crippen LogP contribution in [0.5, 0.6) is 0 Å². The van der Waals surface area contributed by atoms with E-state index in [0.29, 0.717) is 23.6 Å². The summed E-state index contributed by atoms with van der Waals surface area (Å²) in [5, 5.41) is 4.50. The zero-order valence-electron chi connectivity index (χ0n) is 13.4. The summed E-state index contributed by atoms with van der Waals surface area (Å²) < 4.78 is 1.94. The van der Waals surface area contributed by atoms with E-state index in [2.05, 4.69) is 18.9 Å². The van der Waals surface area contributed by atoms with Gasteiger partial charge < -0.3 is 10.6 Å². The number of hydrogen-bond donors (Lipinski definition) is 1. The van der Waals surface area contributed by atoms with E-state index in [1.54, 1.807) is 0 Å². The predicted molar refractivity (Wildman–Crippen MR) is 89.2 cm³/mol. The molecule has 2 N–H and O–H groups in total. The molecule has 1 saturated carbocycles. The molecule has 0 radical (unpaired) electrons. The first-order chi connectivity index (χ1) is 10.1. The fourth-order valence-corrected chi connectivity index (χ4v) is 3.95. The third-order valence-corrected chi connectivity index (χ3v) is 5.34. The fraction of sp³-hybridized carbons (Fsp3) is 0.750. The molecule has 22 heavy (non-hydrogen) atoms. The van der Waals surface area contributed by atoms with Crippen molar-refractivity contribution in [3.05, 3.63) is 18.0 Å². The Morgan fingerprint density at radius 3 is 2.73 bits per heavy atom. The number of nitrogens with two attached hydrogens (primary N) is 1. The molecular weight excluding hydrogens is 300 g/mol. The van der Waals surface area contributed by atoms with Gasteiger partial charge in [-0.15, -0.1) is 12.4 Å². The summed E-state index contributed by atoms with van der Waals surface area (Å²) in [4.78, 5) is 14.6. The summed E-state index contributed by atoms with van der Waals surface area (Å²) in [6.07, 6.45) is 6.29. The van der Waals surface area contributed by atoms with Crippen molar-refractivity contribution in [1.29, 1.82) is 0 Å². The molecule has 1 aromatic rings. The molecule has 2 fully saturated rings. The summed E-state index contributed by atoms with van der Waals surface area (Å²) in [5.74, 6) is 1.17. The number of hydrogen-bond acceptors (Lipinski definition) is 3. The van der Waals surface area contributed by atoms with Gasteiger partial charge >= 0.3 is 0 Å². The minimum atomic E-state index is 0. The van der Waals surface area contributed by atoms with Gasteiger partial charge in [0.2, 0.25) is 0 Å². The van der Waals surface area contributed by atoms with E-state index in [0.717, 1.165) is 38.8 Å². The molecule has 1 aliphatic carbocycles. The highest BCUT2D eigenvalue weighted by atomic mass is 35.5. The second-order valence-electron chi connectivity index (χ2n) is 6.53. The van der Waals surface area contributed by atoms with Crippen LogP contribution in [-0.4, -0.2) is 39.7 Å². The van der Waals surface area contributed by atoms with Gasteiger partial charge in [0.05, 0.1) is 6.04 Å². The van der Waals surface area contributed by atoms with Crippen molar-refractivity contribution >= 4 is 18.3 Å². The Hall–Kier alpha value is -1.07. The van der Waals surface area contributed by atoms with Crippen LogP contribution in [0.25, 0.3) is 0 Å². The highest BCUT2D eigenvalue weighted by molar-refractivity contribution is 5.92. The van der Waals surface area contributed by atoms with Gasteiger partial charge in [-0.25, -0.2) is 0 Å². The van der Waals surface area contributed by atoms with Crippen LogP contribution in [0.15, 0.2) is 12.3 Å². The van der Waals surface area contributed by atoms with E-state index in [9.17, 15) is 4.79 Å². The Morgan fingerprint density at radius 1 is 1.36 bits per heavy atom. The van der Waals surface area contributed by atoms with Crippen molar-refractivity contribution in [1.82, 2.24) is 14.7 Å². The van der Waals surface area contributed by atoms with Crippen molar-refractivity contribution in [2.45, 2.75) is 51.6 Å². The first-order valence-electron chi connectivity index (χ1n) is 8.24. The van der Waals surface area contributed by atoms with Crippen LogP contribution < -0.4 is 5.73 Å². The first kappa shape index (κ1) is 17.3. The molecule has 3 unspecified atom stereocenters. The molecule has 1 aliphatic heterocycles. The van der Waals surface area contributed by atoms with Crippen LogP contribution in [0.1, 0.15) is 56.1 Å². The lowest BCUT2D eigenvalue weighted by Gasteiger charge is -2.18. The average Bonchev–Trinajstić information content (AvgIpc) is 3.18. The van der Waals surface area contributed by atoms with Crippen molar-refractivity contribution in [3.63, 3.8) is 0 Å². The van der Waals surface area contributed by atoms with E-state index in [4.69, 9.17) is 5.73 Å². The molecule has 0 spiro atoms. The van der Waals surface area contributed by atoms with Gasteiger partial charge in [-0.05, 0) is 43.6 Å². The van der Waals surface area contributed by atoms with Crippen LogP contribution in [0.2, 0.25) is 0 Å². The summed E-state index contributed by atoms with van der Waals surface area (Å²) in [5.41, 5.74) is 6.72. The highest BCUT2D eigenvalue weighted by Gasteiger charge is 2.42. The van der Waals surface area contributed by atoms with Crippen LogP contribution >= 0.6 is 12.4 Å². The molecule has 3 atom stereocenters. The van der Waals surface area contributed by atoms with Crippen molar-refractivity contribution < 1.29 is 4.79 Å². The Balaban J connectivity index is 0.00000176. The number of carbonyl (C=O) groups is 1. The molecule has 2 aliphatic rings. The van der Waals surface area contributed by atoms with E-state index >= 15 is 0 Å². The highest BCUT2D eigenvalue weighted by Crippen LogP contribution is 2.37. The zero-order valence-corrected chi connectivity index (χ0v) is 14.3. The monoisotopic (exact) mass is 326 g/mol. The standard InChI is InChI=1S/C16H26N4O.ClH/c1-3-12(4-2)20-8-7-15(18-20)16(21)19-9-11-5-6-14(17)13(11)10-19;/h7-8,11-14H,3-6,9-10,17H2,1-2H3;1H. The fourth-order valence-electron chi connectivity index (χ4n) is 3.95. The minimum Gasteiger partial charge on any atom is -0.337 e. The summed E-state index contributed by atoms with van der Waals surface area (Å²) in [6, 6.07) is 2.52. The summed E-state index contributed by atoms with van der Waals surface area (Å²) in [7, 11) is 0. The zero-order chi connectivity index (χ0) is 15.0. The molecule has 1 amide bonds. The van der Waals surface area contributed by atoms with Crippen molar-refractivity contribution in [2.24, 2.45) is 17.6 Å². The van der Waals surface area contributed by atoms with Gasteiger partial charge in [0.25, 0.3) is 5.91 Å². The molecule has 0 aromatic carbocycles. The normalized spacial score (nSPS) is 27.1. The number of nitrogens with zero attached hydrogens (tertiary/aromatic N) is 3. The van der Waals surface area contributed by atoms with Crippen LogP contribution in [0, 0.1) is 11.8 Å². The molecule has 124 valence electrons. The molecule has 1 aromatic heterocycles. The Bertz CT molecular complexity index is 514. The molecule has 0 bridgehead atoms. The maximum atomic E-state index is 12.6. The lowest BCUT2D eigenvalue weighted by atomic mass is 9.98. The van der Waals surface area contributed by atoms with Crippen LogP contribution in [0.3, 0.4) is 0 Å². The SMILES string of the molecule is CCC(CC)n1ccc(C(=O)N2CC3CCC(N)C3C2)n1.Cl. The molecule has 6 heteroatoms. The van der Waals surface area contributed by atoms with Crippen LogP contribution in [-0.2, 0) is 0 Å². The largest absolute Gasteiger partial charge is 0.337 e. The van der Waals surface area contributed by atoms with Gasteiger partial charge in [0, 0.05) is 25.3 Å². The predicted octanol–water partition coefficient (Wildman–Crippen LogP) is 2.48. The van der Waals surface area contributed by atoms with Gasteiger partial charge in [0.15, 0.2) is 0 Å². The molecule has 3 rings (SSSR count). The maximum Gasteiger partial charge on any atom is 0.274 e. The van der Waals surface area contributed by atoms with E-state index in [1.807, 2.05) is 21.8 Å². The Morgan fingerprint density at radius 2 is 2.09 bits per heavy atom. The smallest absolute Gasteiger partial charge is 0.274 e. The van der Waals surface area contributed by atoms with Gasteiger partial charge in [0.1, 0.15) is 5.69 Å². The number of carbonyl (C=O) groups excluding carboxylic acids is 1. The van der Waals surface area contributed by atoms with E-state index in [-0.39, 0.29) is 24.4 Å².